The van der Waals surface area contributed by atoms with Gasteiger partial charge in [-0.15, -0.1) is 0 Å². The van der Waals surface area contributed by atoms with E-state index in [1.165, 1.54) is 10.4 Å². The van der Waals surface area contributed by atoms with Gasteiger partial charge in [0.15, 0.2) is 5.78 Å². The molecule has 0 heterocycles. The molecule has 158 valence electrons. The van der Waals surface area contributed by atoms with Gasteiger partial charge in [0, 0.05) is 0 Å². The van der Waals surface area contributed by atoms with Gasteiger partial charge in [0.2, 0.25) is 0 Å². The summed E-state index contributed by atoms with van der Waals surface area (Å²) in [5, 5.41) is 0. The quantitative estimate of drug-likeness (QED) is 0.563. The Kier molecular flexibility index (Phi) is 4.72. The summed E-state index contributed by atoms with van der Waals surface area (Å²) >= 11 is 0. The molecule has 3 aromatic carbocycles. The third-order valence-corrected chi connectivity index (χ3v) is 7.70. The number of anilines is 1. The number of ketones is 1. The molecule has 0 aliphatic heterocycles. The topological polar surface area (TPSA) is 54.5 Å². The highest BCUT2D eigenvalue weighted by atomic mass is 32.2. The number of carbonyl (C=O) groups is 1. The fourth-order valence-corrected chi connectivity index (χ4v) is 5.94. The average Bonchev–Trinajstić information content (AvgIpc) is 3.12. The molecule has 0 bridgehead atoms. The van der Waals surface area contributed by atoms with Crippen molar-refractivity contribution in [3.05, 3.63) is 126 Å². The first-order valence-corrected chi connectivity index (χ1v) is 11.8. The second-order valence-electron chi connectivity index (χ2n) is 7.93. The summed E-state index contributed by atoms with van der Waals surface area (Å²) < 4.78 is 29.4. The summed E-state index contributed by atoms with van der Waals surface area (Å²) in [5.41, 5.74) is 2.29. The standard InChI is InChI=1S/C27H21NO3S/c1-20-14-16-22(17-15-20)28(32(30,31)23-10-3-2-4-11-23)25-19-21-9-5-6-12-24(21)27(25)18-8-7-13-26(27)29/h2-19H,1H3/t27-/m1/s1. The van der Waals surface area contributed by atoms with Gasteiger partial charge in [-0.2, -0.15) is 0 Å². The molecule has 4 nitrogen and oxygen atoms in total. The van der Waals surface area contributed by atoms with Crippen molar-refractivity contribution in [2.45, 2.75) is 17.2 Å². The lowest BCUT2D eigenvalue weighted by molar-refractivity contribution is -0.117. The number of carbonyl (C=O) groups excluding carboxylic acids is 1. The maximum Gasteiger partial charge on any atom is 0.268 e. The zero-order valence-electron chi connectivity index (χ0n) is 17.5. The monoisotopic (exact) mass is 439 g/mol. The maximum absolute atomic E-state index is 14.0. The predicted octanol–water partition coefficient (Wildman–Crippen LogP) is 5.18. The van der Waals surface area contributed by atoms with E-state index in [1.807, 2.05) is 49.4 Å². The van der Waals surface area contributed by atoms with E-state index >= 15 is 0 Å². The third kappa shape index (κ3) is 2.97. The van der Waals surface area contributed by atoms with E-state index in [2.05, 4.69) is 0 Å². The molecule has 0 unspecified atom stereocenters. The van der Waals surface area contributed by atoms with Crippen molar-refractivity contribution in [1.29, 1.82) is 0 Å². The fourth-order valence-electron chi connectivity index (χ4n) is 4.38. The molecule has 5 rings (SSSR count). The smallest absolute Gasteiger partial charge is 0.268 e. The van der Waals surface area contributed by atoms with E-state index in [4.69, 9.17) is 0 Å². The van der Waals surface area contributed by atoms with E-state index < -0.39 is 15.4 Å². The van der Waals surface area contributed by atoms with Crippen LogP contribution < -0.4 is 4.31 Å². The van der Waals surface area contributed by atoms with Crippen LogP contribution in [0.2, 0.25) is 0 Å². The van der Waals surface area contributed by atoms with Gasteiger partial charge in [-0.1, -0.05) is 78.4 Å². The Bertz CT molecular complexity index is 1400. The van der Waals surface area contributed by atoms with Gasteiger partial charge in [-0.25, -0.2) is 12.7 Å². The molecule has 0 aromatic heterocycles. The van der Waals surface area contributed by atoms with Crippen LogP contribution in [-0.4, -0.2) is 14.2 Å². The molecule has 0 saturated carbocycles. The Balaban J connectivity index is 1.81. The normalized spacial score (nSPS) is 19.2. The number of hydrogen-bond donors (Lipinski definition) is 0. The predicted molar refractivity (Wildman–Crippen MR) is 127 cm³/mol. The molecule has 32 heavy (non-hydrogen) atoms. The van der Waals surface area contributed by atoms with Gasteiger partial charge < -0.3 is 0 Å². The van der Waals surface area contributed by atoms with E-state index in [-0.39, 0.29) is 10.7 Å². The summed E-state index contributed by atoms with van der Waals surface area (Å²) in [6, 6.07) is 23.2. The van der Waals surface area contributed by atoms with Gasteiger partial charge in [0.05, 0.1) is 16.3 Å². The Hall–Kier alpha value is -3.70. The van der Waals surface area contributed by atoms with Crippen molar-refractivity contribution in [2.75, 3.05) is 4.31 Å². The molecule has 3 aromatic rings. The van der Waals surface area contributed by atoms with Crippen molar-refractivity contribution in [3.63, 3.8) is 0 Å². The van der Waals surface area contributed by atoms with Crippen LogP contribution in [0.25, 0.3) is 6.08 Å². The number of hydrogen-bond acceptors (Lipinski definition) is 3. The maximum atomic E-state index is 14.0. The summed E-state index contributed by atoms with van der Waals surface area (Å²) in [6.07, 6.45) is 8.62. The summed E-state index contributed by atoms with van der Waals surface area (Å²) in [5.74, 6) is -0.170. The number of fused-ring (bicyclic) bond motifs is 2. The zero-order valence-corrected chi connectivity index (χ0v) is 18.3. The molecule has 2 aliphatic rings. The molecule has 0 saturated heterocycles. The molecule has 1 atom stereocenters. The minimum Gasteiger partial charge on any atom is -0.293 e. The van der Waals surface area contributed by atoms with Gasteiger partial charge in [-0.05, 0) is 54.5 Å². The number of nitrogens with zero attached hydrogens (tertiary/aromatic N) is 1. The van der Waals surface area contributed by atoms with Crippen molar-refractivity contribution in [1.82, 2.24) is 0 Å². The van der Waals surface area contributed by atoms with Crippen LogP contribution in [0.4, 0.5) is 5.69 Å². The van der Waals surface area contributed by atoms with Gasteiger partial charge in [-0.3, -0.25) is 4.79 Å². The van der Waals surface area contributed by atoms with Crippen LogP contribution in [0.1, 0.15) is 16.7 Å². The number of rotatable bonds is 4. The first-order valence-electron chi connectivity index (χ1n) is 10.3. The second-order valence-corrected chi connectivity index (χ2v) is 9.71. The van der Waals surface area contributed by atoms with Crippen LogP contribution in [0, 0.1) is 6.92 Å². The third-order valence-electron chi connectivity index (χ3n) is 5.94. The minimum absolute atomic E-state index is 0.162. The largest absolute Gasteiger partial charge is 0.293 e. The van der Waals surface area contributed by atoms with Gasteiger partial charge >= 0.3 is 0 Å². The highest BCUT2D eigenvalue weighted by Gasteiger charge is 2.50. The molecule has 1 spiro atoms. The minimum atomic E-state index is -4.01. The first kappa shape index (κ1) is 20.2. The molecule has 0 N–H and O–H groups in total. The molecule has 0 amide bonds. The van der Waals surface area contributed by atoms with E-state index in [1.54, 1.807) is 60.7 Å². The van der Waals surface area contributed by atoms with E-state index in [0.717, 1.165) is 16.7 Å². The Labute approximate surface area is 187 Å². The van der Waals surface area contributed by atoms with Crippen LogP contribution >= 0.6 is 0 Å². The summed E-state index contributed by atoms with van der Waals surface area (Å²) in [6.45, 7) is 1.95. The van der Waals surface area contributed by atoms with Crippen LogP contribution in [0.15, 0.2) is 114 Å². The number of aryl methyl sites for hydroxylation is 1. The Morgan fingerprint density at radius 1 is 0.812 bits per heavy atom. The summed E-state index contributed by atoms with van der Waals surface area (Å²) in [4.78, 5) is 13.6. The molecule has 0 fully saturated rings. The van der Waals surface area contributed by atoms with Gasteiger partial charge in [0.1, 0.15) is 5.41 Å². The number of sulfonamides is 1. The Morgan fingerprint density at radius 3 is 2.22 bits per heavy atom. The SMILES string of the molecule is Cc1ccc(N(C2=Cc3ccccc3[C@]23C=CC=CC3=O)S(=O)(=O)c2ccccc2)cc1. The lowest BCUT2D eigenvalue weighted by Crippen LogP contribution is -2.44. The lowest BCUT2D eigenvalue weighted by atomic mass is 9.74. The molecule has 0 radical (unpaired) electrons. The zero-order chi connectivity index (χ0) is 22.3. The fraction of sp³-hybridized carbons (Fsp3) is 0.0741. The van der Waals surface area contributed by atoms with Crippen LogP contribution in [0.5, 0.6) is 0 Å². The van der Waals surface area contributed by atoms with E-state index in [0.29, 0.717) is 11.4 Å². The van der Waals surface area contributed by atoms with Crippen molar-refractivity contribution < 1.29 is 13.2 Å². The summed E-state index contributed by atoms with van der Waals surface area (Å²) in [7, 11) is -4.01. The highest BCUT2D eigenvalue weighted by Crippen LogP contribution is 2.49. The average molecular weight is 440 g/mol. The lowest BCUT2D eigenvalue weighted by Gasteiger charge is -2.36. The van der Waals surface area contributed by atoms with Crippen LogP contribution in [0.3, 0.4) is 0 Å². The number of benzene rings is 3. The van der Waals surface area contributed by atoms with E-state index in [9.17, 15) is 13.2 Å². The number of allylic oxidation sites excluding steroid dienone is 4. The second kappa shape index (κ2) is 7.46. The highest BCUT2D eigenvalue weighted by molar-refractivity contribution is 7.93. The van der Waals surface area contributed by atoms with Crippen molar-refractivity contribution in [3.8, 4) is 0 Å². The van der Waals surface area contributed by atoms with Crippen molar-refractivity contribution >= 4 is 27.6 Å². The molecule has 2 aliphatic carbocycles. The Morgan fingerprint density at radius 2 is 1.50 bits per heavy atom. The molecular weight excluding hydrogens is 418 g/mol. The first-order chi connectivity index (χ1) is 15.4. The molecule has 5 heteroatoms. The van der Waals surface area contributed by atoms with Gasteiger partial charge in [0.25, 0.3) is 10.0 Å². The van der Waals surface area contributed by atoms with Crippen LogP contribution in [-0.2, 0) is 20.2 Å². The van der Waals surface area contributed by atoms with Crippen molar-refractivity contribution in [2.24, 2.45) is 0 Å². The molecular formula is C27H21NO3S.